The molecule has 0 unspecified atom stereocenters. The molecule has 4 rings (SSSR count). The van der Waals surface area contributed by atoms with Crippen LogP contribution in [0.15, 0.2) is 34.9 Å². The molecule has 1 amide bonds. The molecule has 1 saturated heterocycles. The van der Waals surface area contributed by atoms with Crippen molar-refractivity contribution < 1.29 is 9.53 Å². The molecule has 1 aliphatic heterocycles. The predicted octanol–water partition coefficient (Wildman–Crippen LogP) is 4.21. The first-order valence-electron chi connectivity index (χ1n) is 10.2. The van der Waals surface area contributed by atoms with Crippen LogP contribution in [0.3, 0.4) is 0 Å². The molecule has 9 heteroatoms. The molecule has 2 aromatic heterocycles. The van der Waals surface area contributed by atoms with Gasteiger partial charge in [0.2, 0.25) is 0 Å². The molecule has 0 saturated carbocycles. The van der Waals surface area contributed by atoms with E-state index in [0.29, 0.717) is 17.4 Å². The second-order valence-corrected chi connectivity index (χ2v) is 9.57. The van der Waals surface area contributed by atoms with Crippen LogP contribution in [0.4, 0.5) is 5.13 Å². The smallest absolute Gasteiger partial charge is 0.280 e. The van der Waals surface area contributed by atoms with E-state index in [4.69, 9.17) is 9.72 Å². The third-order valence-electron chi connectivity index (χ3n) is 5.13. The summed E-state index contributed by atoms with van der Waals surface area (Å²) in [5.74, 6) is -0.102. The Morgan fingerprint density at radius 3 is 2.83 bits per heavy atom. The normalized spacial score (nSPS) is 15.2. The first-order valence-corrected chi connectivity index (χ1v) is 11.9. The third-order valence-corrected chi connectivity index (χ3v) is 6.67. The molecule has 160 valence electrons. The van der Waals surface area contributed by atoms with Crippen molar-refractivity contribution in [3.63, 3.8) is 0 Å². The van der Waals surface area contributed by atoms with Crippen molar-refractivity contribution in [2.24, 2.45) is 0 Å². The van der Waals surface area contributed by atoms with Gasteiger partial charge in [-0.2, -0.15) is 5.10 Å². The van der Waals surface area contributed by atoms with Crippen LogP contribution in [-0.2, 0) is 4.74 Å². The van der Waals surface area contributed by atoms with Crippen molar-refractivity contribution in [1.82, 2.24) is 19.7 Å². The number of carbonyl (C=O) groups is 1. The highest BCUT2D eigenvalue weighted by molar-refractivity contribution is 9.10. The molecule has 0 aliphatic carbocycles. The summed E-state index contributed by atoms with van der Waals surface area (Å²) < 4.78 is 9.30. The number of benzene rings is 1. The molecule has 7 nitrogen and oxygen atoms in total. The van der Waals surface area contributed by atoms with Gasteiger partial charge in [-0.3, -0.25) is 19.3 Å². The van der Waals surface area contributed by atoms with Crippen LogP contribution in [0, 0.1) is 0 Å². The Bertz CT molecular complexity index is 1010. The first kappa shape index (κ1) is 21.4. The molecule has 3 heterocycles. The molecule has 0 N–H and O–H groups in total. The Labute approximate surface area is 188 Å². The van der Waals surface area contributed by atoms with Gasteiger partial charge in [0.25, 0.3) is 5.91 Å². The fourth-order valence-corrected chi connectivity index (χ4v) is 4.98. The number of hydrogen-bond donors (Lipinski definition) is 0. The van der Waals surface area contributed by atoms with Crippen LogP contribution >= 0.6 is 27.3 Å². The topological polar surface area (TPSA) is 63.5 Å². The zero-order chi connectivity index (χ0) is 21.1. The minimum atomic E-state index is -0.102. The van der Waals surface area contributed by atoms with Gasteiger partial charge in [-0.15, -0.1) is 0 Å². The van der Waals surface area contributed by atoms with E-state index in [-0.39, 0.29) is 11.9 Å². The fourth-order valence-electron chi connectivity index (χ4n) is 3.44. The van der Waals surface area contributed by atoms with Crippen LogP contribution in [0.25, 0.3) is 10.2 Å². The minimum Gasteiger partial charge on any atom is -0.379 e. The second-order valence-electron chi connectivity index (χ2n) is 7.65. The third kappa shape index (κ3) is 4.91. The van der Waals surface area contributed by atoms with E-state index in [9.17, 15) is 4.79 Å². The van der Waals surface area contributed by atoms with Crippen molar-refractivity contribution in [2.45, 2.75) is 26.3 Å². The summed E-state index contributed by atoms with van der Waals surface area (Å²) in [6.07, 6.45) is 2.73. The molecule has 1 fully saturated rings. The van der Waals surface area contributed by atoms with Gasteiger partial charge in [-0.1, -0.05) is 27.3 Å². The number of amides is 1. The summed E-state index contributed by atoms with van der Waals surface area (Å²) in [5, 5.41) is 5.21. The largest absolute Gasteiger partial charge is 0.379 e. The number of fused-ring (bicyclic) bond motifs is 1. The Morgan fingerprint density at radius 2 is 2.10 bits per heavy atom. The van der Waals surface area contributed by atoms with Gasteiger partial charge in [-0.25, -0.2) is 4.98 Å². The van der Waals surface area contributed by atoms with Gasteiger partial charge in [0.1, 0.15) is 0 Å². The van der Waals surface area contributed by atoms with Gasteiger partial charge >= 0.3 is 0 Å². The number of rotatable bonds is 7. The van der Waals surface area contributed by atoms with Crippen LogP contribution in [0.1, 0.15) is 36.8 Å². The van der Waals surface area contributed by atoms with Gasteiger partial charge in [0.05, 0.1) is 23.4 Å². The molecule has 0 spiro atoms. The lowest BCUT2D eigenvalue weighted by molar-refractivity contribution is 0.0376. The number of aromatic nitrogens is 3. The number of thiazole rings is 1. The predicted molar refractivity (Wildman–Crippen MR) is 123 cm³/mol. The zero-order valence-corrected chi connectivity index (χ0v) is 19.7. The molecular formula is C21H26BrN5O2S. The maximum absolute atomic E-state index is 13.4. The average Bonchev–Trinajstić information content (AvgIpc) is 3.38. The Hall–Kier alpha value is -1.81. The number of anilines is 1. The number of morpholine rings is 1. The van der Waals surface area contributed by atoms with Gasteiger partial charge < -0.3 is 4.74 Å². The highest BCUT2D eigenvalue weighted by Gasteiger charge is 2.24. The van der Waals surface area contributed by atoms with E-state index in [2.05, 4.69) is 25.9 Å². The molecule has 0 atom stereocenters. The van der Waals surface area contributed by atoms with Crippen molar-refractivity contribution >= 4 is 48.5 Å². The quantitative estimate of drug-likeness (QED) is 0.495. The molecule has 30 heavy (non-hydrogen) atoms. The highest BCUT2D eigenvalue weighted by atomic mass is 79.9. The fraction of sp³-hybridized carbons (Fsp3) is 0.476. The Morgan fingerprint density at radius 1 is 1.30 bits per heavy atom. The summed E-state index contributed by atoms with van der Waals surface area (Å²) in [5.41, 5.74) is 1.35. The van der Waals surface area contributed by atoms with Crippen molar-refractivity contribution in [2.75, 3.05) is 44.3 Å². The minimum absolute atomic E-state index is 0.102. The van der Waals surface area contributed by atoms with E-state index < -0.39 is 0 Å². The number of carbonyl (C=O) groups excluding carboxylic acids is 1. The van der Waals surface area contributed by atoms with Gasteiger partial charge in [0.15, 0.2) is 10.8 Å². The van der Waals surface area contributed by atoms with Gasteiger partial charge in [0, 0.05) is 42.9 Å². The summed E-state index contributed by atoms with van der Waals surface area (Å²) in [7, 11) is 0. The Balaban J connectivity index is 1.56. The molecule has 1 aliphatic rings. The average molecular weight is 492 g/mol. The summed E-state index contributed by atoms with van der Waals surface area (Å²) >= 11 is 5.05. The van der Waals surface area contributed by atoms with Crippen LogP contribution < -0.4 is 4.90 Å². The van der Waals surface area contributed by atoms with E-state index in [0.717, 1.165) is 54.0 Å². The number of hydrogen-bond acceptors (Lipinski definition) is 6. The first-order chi connectivity index (χ1) is 14.5. The highest BCUT2D eigenvalue weighted by Crippen LogP contribution is 2.31. The molecular weight excluding hydrogens is 466 g/mol. The van der Waals surface area contributed by atoms with E-state index in [1.165, 1.54) is 11.3 Å². The maximum Gasteiger partial charge on any atom is 0.280 e. The second kappa shape index (κ2) is 9.55. The molecule has 3 aromatic rings. The lowest BCUT2D eigenvalue weighted by Crippen LogP contribution is -2.39. The lowest BCUT2D eigenvalue weighted by Gasteiger charge is -2.27. The Kier molecular flexibility index (Phi) is 6.82. The monoisotopic (exact) mass is 491 g/mol. The number of halogens is 1. The van der Waals surface area contributed by atoms with Crippen LogP contribution in [-0.4, -0.2) is 65.0 Å². The summed E-state index contributed by atoms with van der Waals surface area (Å²) in [6.45, 7) is 9.09. The number of nitrogens with zero attached hydrogens (tertiary/aromatic N) is 5. The SMILES string of the molecule is CC(C)n1ccc(C(=O)N(CCCN2CCOCC2)c2nc3ccc(Br)cc3s2)n1. The zero-order valence-electron chi connectivity index (χ0n) is 17.3. The van der Waals surface area contributed by atoms with Crippen molar-refractivity contribution in [3.05, 3.63) is 40.6 Å². The van der Waals surface area contributed by atoms with Crippen LogP contribution in [0.5, 0.6) is 0 Å². The summed E-state index contributed by atoms with van der Waals surface area (Å²) in [6, 6.07) is 7.99. The summed E-state index contributed by atoms with van der Waals surface area (Å²) in [4.78, 5) is 22.3. The maximum atomic E-state index is 13.4. The molecule has 0 radical (unpaired) electrons. The lowest BCUT2D eigenvalue weighted by atomic mass is 10.3. The molecule has 0 bridgehead atoms. The van der Waals surface area contributed by atoms with Crippen molar-refractivity contribution in [1.29, 1.82) is 0 Å². The molecule has 1 aromatic carbocycles. The van der Waals surface area contributed by atoms with Crippen LogP contribution in [0.2, 0.25) is 0 Å². The number of ether oxygens (including phenoxy) is 1. The standard InChI is InChI=1S/C21H26BrN5O2S/c1-15(2)27-9-6-18(24-27)20(28)26(8-3-7-25-10-12-29-13-11-25)21-23-17-5-4-16(22)14-19(17)30-21/h4-6,9,14-15H,3,7-8,10-13H2,1-2H3. The van der Waals surface area contributed by atoms with E-state index in [1.807, 2.05) is 42.9 Å². The van der Waals surface area contributed by atoms with E-state index in [1.54, 1.807) is 11.0 Å². The van der Waals surface area contributed by atoms with Gasteiger partial charge in [-0.05, 0) is 44.5 Å². The van der Waals surface area contributed by atoms with Crippen molar-refractivity contribution in [3.8, 4) is 0 Å². The van der Waals surface area contributed by atoms with E-state index >= 15 is 0 Å².